The fourth-order valence-electron chi connectivity index (χ4n) is 2.73. The van der Waals surface area contributed by atoms with Gasteiger partial charge in [-0.1, -0.05) is 11.6 Å². The van der Waals surface area contributed by atoms with E-state index in [9.17, 15) is 10.1 Å². The van der Waals surface area contributed by atoms with Crippen LogP contribution >= 0.6 is 11.6 Å². The second kappa shape index (κ2) is 5.44. The number of carbonyl (C=O) groups is 1. The largest absolute Gasteiger partial charge is 0.381 e. The van der Waals surface area contributed by atoms with Gasteiger partial charge in [0.05, 0.1) is 12.1 Å². The van der Waals surface area contributed by atoms with Gasteiger partial charge in [0.1, 0.15) is 11.8 Å². The van der Waals surface area contributed by atoms with Crippen LogP contribution in [0.1, 0.15) is 40.9 Å². The average molecular weight is 301 g/mol. The topological polar surface area (TPSA) is 63.0 Å². The van der Waals surface area contributed by atoms with E-state index in [2.05, 4.69) is 11.1 Å². The zero-order valence-corrected chi connectivity index (χ0v) is 12.3. The standard InChI is InChI=1S/C16H13ClN2O2/c1-9(20)12-4-11(17)5-15-14(12)6-13(16(7-18)19-15)10-2-3-21-8-10/h4-6,10H,2-3,8H2,1H3. The van der Waals surface area contributed by atoms with Crippen molar-refractivity contribution in [2.24, 2.45) is 0 Å². The molecule has 1 saturated heterocycles. The number of Topliss-reactive ketones (excluding diaryl/α,β-unsaturated/α-hetero) is 1. The van der Waals surface area contributed by atoms with Crippen LogP contribution in [0.5, 0.6) is 0 Å². The van der Waals surface area contributed by atoms with Gasteiger partial charge >= 0.3 is 0 Å². The Labute approximate surface area is 127 Å². The number of nitrogens with zero attached hydrogens (tertiary/aromatic N) is 2. The van der Waals surface area contributed by atoms with Crippen LogP contribution in [-0.2, 0) is 4.74 Å². The molecule has 0 saturated carbocycles. The molecular formula is C16H13ClN2O2. The van der Waals surface area contributed by atoms with Crippen LogP contribution in [-0.4, -0.2) is 24.0 Å². The zero-order chi connectivity index (χ0) is 15.0. The van der Waals surface area contributed by atoms with Crippen molar-refractivity contribution >= 4 is 28.3 Å². The van der Waals surface area contributed by atoms with Crippen LogP contribution in [0.15, 0.2) is 18.2 Å². The minimum absolute atomic E-state index is 0.0670. The molecular weight excluding hydrogens is 288 g/mol. The number of ketones is 1. The summed E-state index contributed by atoms with van der Waals surface area (Å²) in [6.45, 7) is 2.78. The van der Waals surface area contributed by atoms with Crippen molar-refractivity contribution in [3.05, 3.63) is 40.0 Å². The lowest BCUT2D eigenvalue weighted by Crippen LogP contribution is -2.05. The van der Waals surface area contributed by atoms with E-state index in [0.717, 1.165) is 17.4 Å². The lowest BCUT2D eigenvalue weighted by Gasteiger charge is -2.13. The quantitative estimate of drug-likeness (QED) is 0.797. The van der Waals surface area contributed by atoms with Gasteiger partial charge in [0.25, 0.3) is 0 Å². The molecule has 0 radical (unpaired) electrons. The van der Waals surface area contributed by atoms with Gasteiger partial charge in [-0.2, -0.15) is 5.26 Å². The SMILES string of the molecule is CC(=O)c1cc(Cl)cc2nc(C#N)c(C3CCOC3)cc12. The van der Waals surface area contributed by atoms with Crippen molar-refractivity contribution in [3.63, 3.8) is 0 Å². The molecule has 0 aliphatic carbocycles. The highest BCUT2D eigenvalue weighted by molar-refractivity contribution is 6.32. The molecule has 1 atom stereocenters. The number of aromatic nitrogens is 1. The van der Waals surface area contributed by atoms with Gasteiger partial charge in [0, 0.05) is 28.5 Å². The molecule has 2 aromatic rings. The second-order valence-corrected chi connectivity index (χ2v) is 5.61. The number of hydrogen-bond donors (Lipinski definition) is 0. The molecule has 1 aromatic carbocycles. The number of fused-ring (bicyclic) bond motifs is 1. The van der Waals surface area contributed by atoms with Crippen molar-refractivity contribution < 1.29 is 9.53 Å². The fourth-order valence-corrected chi connectivity index (χ4v) is 2.94. The van der Waals surface area contributed by atoms with Crippen LogP contribution in [0.2, 0.25) is 5.02 Å². The summed E-state index contributed by atoms with van der Waals surface area (Å²) in [6.07, 6.45) is 0.866. The van der Waals surface area contributed by atoms with E-state index in [0.29, 0.717) is 35.0 Å². The molecule has 4 nitrogen and oxygen atoms in total. The van der Waals surface area contributed by atoms with Gasteiger partial charge in [-0.3, -0.25) is 4.79 Å². The molecule has 1 fully saturated rings. The van der Waals surface area contributed by atoms with Gasteiger partial charge in [-0.15, -0.1) is 0 Å². The summed E-state index contributed by atoms with van der Waals surface area (Å²) in [5.74, 6) is 0.0923. The maximum Gasteiger partial charge on any atom is 0.160 e. The normalized spacial score (nSPS) is 17.9. The Kier molecular flexibility index (Phi) is 3.62. The molecule has 21 heavy (non-hydrogen) atoms. The smallest absolute Gasteiger partial charge is 0.160 e. The third-order valence-corrected chi connectivity index (χ3v) is 4.00. The van der Waals surface area contributed by atoms with Crippen LogP contribution in [0.3, 0.4) is 0 Å². The van der Waals surface area contributed by atoms with E-state index in [4.69, 9.17) is 16.3 Å². The molecule has 1 aliphatic rings. The van der Waals surface area contributed by atoms with Crippen LogP contribution in [0.25, 0.3) is 10.9 Å². The highest BCUT2D eigenvalue weighted by atomic mass is 35.5. The minimum Gasteiger partial charge on any atom is -0.381 e. The number of pyridine rings is 1. The molecule has 1 aromatic heterocycles. The van der Waals surface area contributed by atoms with Crippen molar-refractivity contribution in [3.8, 4) is 6.07 Å². The summed E-state index contributed by atoms with van der Waals surface area (Å²) in [6, 6.07) is 7.36. The average Bonchev–Trinajstić information content (AvgIpc) is 2.98. The summed E-state index contributed by atoms with van der Waals surface area (Å²) >= 11 is 6.04. The molecule has 1 unspecified atom stereocenters. The number of ether oxygens (including phenoxy) is 1. The lowest BCUT2D eigenvalue weighted by molar-refractivity contribution is 0.101. The van der Waals surface area contributed by atoms with Gasteiger partial charge in [0.2, 0.25) is 0 Å². The Balaban J connectivity index is 2.29. The van der Waals surface area contributed by atoms with E-state index in [-0.39, 0.29) is 11.7 Å². The minimum atomic E-state index is -0.0670. The van der Waals surface area contributed by atoms with Gasteiger partial charge < -0.3 is 4.74 Å². The number of halogens is 1. The number of rotatable bonds is 2. The predicted molar refractivity (Wildman–Crippen MR) is 79.6 cm³/mol. The fraction of sp³-hybridized carbons (Fsp3) is 0.312. The maximum absolute atomic E-state index is 11.8. The highest BCUT2D eigenvalue weighted by Gasteiger charge is 2.23. The van der Waals surface area contributed by atoms with Crippen LogP contribution < -0.4 is 0 Å². The summed E-state index contributed by atoms with van der Waals surface area (Å²) in [5, 5.41) is 10.5. The third kappa shape index (κ3) is 2.51. The van der Waals surface area contributed by atoms with Crippen molar-refractivity contribution in [2.45, 2.75) is 19.3 Å². The van der Waals surface area contributed by atoms with Crippen molar-refractivity contribution in [2.75, 3.05) is 13.2 Å². The highest BCUT2D eigenvalue weighted by Crippen LogP contribution is 2.32. The van der Waals surface area contributed by atoms with Crippen molar-refractivity contribution in [1.82, 2.24) is 4.98 Å². The van der Waals surface area contributed by atoms with Gasteiger partial charge in [0.15, 0.2) is 5.78 Å². The summed E-state index contributed by atoms with van der Waals surface area (Å²) in [4.78, 5) is 16.2. The number of nitriles is 1. The first-order chi connectivity index (χ1) is 10.1. The monoisotopic (exact) mass is 300 g/mol. The molecule has 0 bridgehead atoms. The van der Waals surface area contributed by atoms with Crippen molar-refractivity contribution in [1.29, 1.82) is 5.26 Å². The first-order valence-electron chi connectivity index (χ1n) is 6.73. The van der Waals surface area contributed by atoms with Crippen LogP contribution in [0.4, 0.5) is 0 Å². The first-order valence-corrected chi connectivity index (χ1v) is 7.11. The molecule has 0 spiro atoms. The predicted octanol–water partition coefficient (Wildman–Crippen LogP) is 3.47. The zero-order valence-electron chi connectivity index (χ0n) is 11.5. The van der Waals surface area contributed by atoms with Crippen LogP contribution in [0, 0.1) is 11.3 Å². The Morgan fingerprint density at radius 3 is 2.90 bits per heavy atom. The van der Waals surface area contributed by atoms with E-state index in [1.54, 1.807) is 12.1 Å². The number of carbonyl (C=O) groups excluding carboxylic acids is 1. The van der Waals surface area contributed by atoms with Gasteiger partial charge in [-0.05, 0) is 37.1 Å². The van der Waals surface area contributed by atoms with Gasteiger partial charge in [-0.25, -0.2) is 4.98 Å². The molecule has 2 heterocycles. The number of hydrogen-bond acceptors (Lipinski definition) is 4. The lowest BCUT2D eigenvalue weighted by atomic mass is 9.94. The van der Waals surface area contributed by atoms with E-state index in [1.165, 1.54) is 6.92 Å². The maximum atomic E-state index is 11.8. The summed E-state index contributed by atoms with van der Waals surface area (Å²) in [7, 11) is 0. The summed E-state index contributed by atoms with van der Waals surface area (Å²) < 4.78 is 5.39. The Morgan fingerprint density at radius 2 is 2.29 bits per heavy atom. The second-order valence-electron chi connectivity index (χ2n) is 5.17. The summed E-state index contributed by atoms with van der Waals surface area (Å²) in [5.41, 5.74) is 2.35. The van der Waals surface area contributed by atoms with E-state index < -0.39 is 0 Å². The molecule has 3 rings (SSSR count). The van der Waals surface area contributed by atoms with E-state index >= 15 is 0 Å². The third-order valence-electron chi connectivity index (χ3n) is 3.78. The molecule has 5 heteroatoms. The van der Waals surface area contributed by atoms with E-state index in [1.807, 2.05) is 6.07 Å². The number of benzene rings is 1. The molecule has 1 aliphatic heterocycles. The molecule has 106 valence electrons. The molecule has 0 N–H and O–H groups in total. The molecule has 0 amide bonds. The first kappa shape index (κ1) is 14.0. The Morgan fingerprint density at radius 1 is 1.48 bits per heavy atom. The Bertz CT molecular complexity index is 774. The Hall–Kier alpha value is -1.96.